The summed E-state index contributed by atoms with van der Waals surface area (Å²) in [6, 6.07) is 81.5. The third kappa shape index (κ3) is 6.74. The van der Waals surface area contributed by atoms with Gasteiger partial charge in [0.05, 0.1) is 0 Å². The van der Waals surface area contributed by atoms with E-state index in [0.717, 1.165) is 56.9 Å². The van der Waals surface area contributed by atoms with Gasteiger partial charge in [0.2, 0.25) is 0 Å². The molecule has 0 heterocycles. The molecule has 0 atom stereocenters. The van der Waals surface area contributed by atoms with Crippen molar-refractivity contribution >= 4 is 89.2 Å². The van der Waals surface area contributed by atoms with Crippen LogP contribution in [0.15, 0.2) is 231 Å². The van der Waals surface area contributed by atoms with Crippen LogP contribution in [0.3, 0.4) is 0 Å². The van der Waals surface area contributed by atoms with Crippen LogP contribution in [0.5, 0.6) is 0 Å². The van der Waals surface area contributed by atoms with Gasteiger partial charge in [-0.1, -0.05) is 121 Å². The molecule has 2 N–H and O–H groups in total. The maximum atomic E-state index is 3.80. The average Bonchev–Trinajstić information content (AvgIpc) is 3.29. The monoisotopic (exact) mass is 744 g/mol. The van der Waals surface area contributed by atoms with Gasteiger partial charge in [0.1, 0.15) is 0 Å². The van der Waals surface area contributed by atoms with Crippen LogP contribution >= 0.6 is 0 Å². The maximum absolute atomic E-state index is 3.80. The van der Waals surface area contributed by atoms with Crippen LogP contribution in [0, 0.1) is 0 Å². The SMILES string of the molecule is c1ccc(N(c2ccccc2)c2ccc(Nc3cc4c5ccccc5c(Nc5ccc(N(c6ccccc6)c6ccccc6)cc5)cc4c4ccccc34)cc2)cc1. The Bertz CT molecular complexity index is 2680. The zero-order valence-electron chi connectivity index (χ0n) is 31.8. The summed E-state index contributed by atoms with van der Waals surface area (Å²) >= 11 is 0. The molecule has 276 valence electrons. The standard InChI is InChI=1S/C54H40N4/c1-5-17-41(18-6-1)57(42-19-7-2-8-20-42)45-33-29-39(30-34-45)55-53-37-51-48-26-14-16-28-50(48)54(38-52(51)47-25-13-15-27-49(47)53)56-40-31-35-46(36-32-40)58(43-21-9-3-10-22-43)44-23-11-4-12-24-44/h1-38,55-56H. The number of fused-ring (bicyclic) bond motifs is 5. The van der Waals surface area contributed by atoms with E-state index in [1.54, 1.807) is 0 Å². The summed E-state index contributed by atoms with van der Waals surface area (Å²) in [4.78, 5) is 4.57. The molecule has 10 aromatic rings. The fourth-order valence-electron chi connectivity index (χ4n) is 8.06. The second-order valence-electron chi connectivity index (χ2n) is 14.4. The number of nitrogens with zero attached hydrogens (tertiary/aromatic N) is 2. The van der Waals surface area contributed by atoms with Crippen molar-refractivity contribution < 1.29 is 0 Å². The van der Waals surface area contributed by atoms with Gasteiger partial charge in [0.25, 0.3) is 0 Å². The van der Waals surface area contributed by atoms with Crippen molar-refractivity contribution in [1.29, 1.82) is 0 Å². The topological polar surface area (TPSA) is 30.5 Å². The average molecular weight is 745 g/mol. The van der Waals surface area contributed by atoms with E-state index < -0.39 is 0 Å². The lowest BCUT2D eigenvalue weighted by molar-refractivity contribution is 1.28. The molecule has 10 rings (SSSR count). The predicted octanol–water partition coefficient (Wildman–Crippen LogP) is 15.6. The molecule has 0 fully saturated rings. The third-order valence-corrected chi connectivity index (χ3v) is 10.7. The zero-order valence-corrected chi connectivity index (χ0v) is 31.8. The lowest BCUT2D eigenvalue weighted by Crippen LogP contribution is -2.09. The van der Waals surface area contributed by atoms with Crippen LogP contribution in [0.1, 0.15) is 0 Å². The summed E-state index contributed by atoms with van der Waals surface area (Å²) in [5.41, 5.74) is 10.8. The van der Waals surface area contributed by atoms with Crippen LogP contribution in [0.25, 0.3) is 32.3 Å². The third-order valence-electron chi connectivity index (χ3n) is 10.7. The van der Waals surface area contributed by atoms with Crippen LogP contribution in [-0.2, 0) is 0 Å². The minimum atomic E-state index is 1.03. The molecule has 0 aliphatic carbocycles. The second-order valence-corrected chi connectivity index (χ2v) is 14.4. The summed E-state index contributed by atoms with van der Waals surface area (Å²) < 4.78 is 0. The van der Waals surface area contributed by atoms with Gasteiger partial charge in [-0.2, -0.15) is 0 Å². The summed E-state index contributed by atoms with van der Waals surface area (Å²) in [5, 5.41) is 14.7. The van der Waals surface area contributed by atoms with Crippen LogP contribution in [-0.4, -0.2) is 0 Å². The number of para-hydroxylation sites is 4. The fourth-order valence-corrected chi connectivity index (χ4v) is 8.06. The number of benzene rings is 10. The number of anilines is 10. The molecule has 0 spiro atoms. The molecular weight excluding hydrogens is 705 g/mol. The zero-order chi connectivity index (χ0) is 38.7. The smallest absolute Gasteiger partial charge is 0.0470 e. The normalized spacial score (nSPS) is 11.1. The van der Waals surface area contributed by atoms with E-state index in [4.69, 9.17) is 0 Å². The van der Waals surface area contributed by atoms with E-state index in [-0.39, 0.29) is 0 Å². The van der Waals surface area contributed by atoms with Crippen molar-refractivity contribution in [3.63, 3.8) is 0 Å². The molecule has 0 saturated heterocycles. The lowest BCUT2D eigenvalue weighted by atomic mass is 9.94. The fraction of sp³-hybridized carbons (Fsp3) is 0. The molecule has 4 heteroatoms. The number of hydrogen-bond donors (Lipinski definition) is 2. The van der Waals surface area contributed by atoms with Gasteiger partial charge < -0.3 is 20.4 Å². The molecule has 0 saturated carbocycles. The Morgan fingerprint density at radius 3 is 0.793 bits per heavy atom. The van der Waals surface area contributed by atoms with Crippen LogP contribution in [0.4, 0.5) is 56.9 Å². The first-order valence-corrected chi connectivity index (χ1v) is 19.7. The van der Waals surface area contributed by atoms with Crippen molar-refractivity contribution in [2.24, 2.45) is 0 Å². The van der Waals surface area contributed by atoms with Crippen molar-refractivity contribution in [3.05, 3.63) is 231 Å². The summed E-state index contributed by atoms with van der Waals surface area (Å²) in [6.07, 6.45) is 0. The van der Waals surface area contributed by atoms with Crippen molar-refractivity contribution in [2.45, 2.75) is 0 Å². The highest BCUT2D eigenvalue weighted by molar-refractivity contribution is 6.23. The molecular formula is C54H40N4. The number of rotatable bonds is 10. The van der Waals surface area contributed by atoms with Gasteiger partial charge in [0, 0.05) is 67.6 Å². The molecule has 0 aliphatic heterocycles. The molecule has 0 aromatic heterocycles. The molecule has 0 aliphatic rings. The summed E-state index contributed by atoms with van der Waals surface area (Å²) in [7, 11) is 0. The van der Waals surface area contributed by atoms with Gasteiger partial charge in [-0.25, -0.2) is 0 Å². The van der Waals surface area contributed by atoms with Crippen LogP contribution < -0.4 is 20.4 Å². The van der Waals surface area contributed by atoms with Crippen molar-refractivity contribution in [3.8, 4) is 0 Å². The summed E-state index contributed by atoms with van der Waals surface area (Å²) in [6.45, 7) is 0. The van der Waals surface area contributed by atoms with E-state index in [0.29, 0.717) is 0 Å². The van der Waals surface area contributed by atoms with Crippen molar-refractivity contribution in [1.82, 2.24) is 0 Å². The van der Waals surface area contributed by atoms with Gasteiger partial charge in [-0.15, -0.1) is 0 Å². The second kappa shape index (κ2) is 15.4. The number of nitrogens with one attached hydrogen (secondary N) is 2. The molecule has 10 aromatic carbocycles. The Balaban J connectivity index is 0.996. The van der Waals surface area contributed by atoms with Gasteiger partial charge >= 0.3 is 0 Å². The first kappa shape index (κ1) is 34.7. The van der Waals surface area contributed by atoms with E-state index in [1.165, 1.54) is 32.3 Å². The highest BCUT2D eigenvalue weighted by atomic mass is 15.1. The minimum absolute atomic E-state index is 1.03. The van der Waals surface area contributed by atoms with Crippen molar-refractivity contribution in [2.75, 3.05) is 20.4 Å². The molecule has 0 unspecified atom stereocenters. The largest absolute Gasteiger partial charge is 0.355 e. The molecule has 0 bridgehead atoms. The quantitative estimate of drug-likeness (QED) is 0.137. The molecule has 58 heavy (non-hydrogen) atoms. The summed E-state index contributed by atoms with van der Waals surface area (Å²) in [5.74, 6) is 0. The highest BCUT2D eigenvalue weighted by Gasteiger charge is 2.16. The number of hydrogen-bond acceptors (Lipinski definition) is 4. The molecule has 4 nitrogen and oxygen atoms in total. The Morgan fingerprint density at radius 1 is 0.224 bits per heavy atom. The Kier molecular flexibility index (Phi) is 9.18. The van der Waals surface area contributed by atoms with E-state index in [1.807, 2.05) is 0 Å². The predicted molar refractivity (Wildman–Crippen MR) is 248 cm³/mol. The molecule has 0 radical (unpaired) electrons. The minimum Gasteiger partial charge on any atom is -0.355 e. The molecule has 0 amide bonds. The van der Waals surface area contributed by atoms with E-state index >= 15 is 0 Å². The Morgan fingerprint density at radius 2 is 0.483 bits per heavy atom. The van der Waals surface area contributed by atoms with E-state index in [2.05, 4.69) is 251 Å². The van der Waals surface area contributed by atoms with Gasteiger partial charge in [-0.3, -0.25) is 0 Å². The maximum Gasteiger partial charge on any atom is 0.0470 e. The Hall–Kier alpha value is -7.82. The van der Waals surface area contributed by atoms with Gasteiger partial charge in [-0.05, 0) is 131 Å². The first-order valence-electron chi connectivity index (χ1n) is 19.7. The highest BCUT2D eigenvalue weighted by Crippen LogP contribution is 2.42. The Labute approximate surface area is 338 Å². The van der Waals surface area contributed by atoms with E-state index in [9.17, 15) is 0 Å². The van der Waals surface area contributed by atoms with Gasteiger partial charge in [0.15, 0.2) is 0 Å². The first-order chi connectivity index (χ1) is 28.8. The lowest BCUT2D eigenvalue weighted by Gasteiger charge is -2.25. The van der Waals surface area contributed by atoms with Crippen LogP contribution in [0.2, 0.25) is 0 Å².